The highest BCUT2D eigenvalue weighted by molar-refractivity contribution is 7.90. The number of aromatic nitrogens is 5. The van der Waals surface area contributed by atoms with Gasteiger partial charge in [0.1, 0.15) is 23.4 Å². The second kappa shape index (κ2) is 12.9. The average molecular weight is 701 g/mol. The lowest BCUT2D eigenvalue weighted by atomic mass is 9.77. The van der Waals surface area contributed by atoms with Gasteiger partial charge >= 0.3 is 0 Å². The van der Waals surface area contributed by atoms with Gasteiger partial charge in [0.15, 0.2) is 9.84 Å². The summed E-state index contributed by atoms with van der Waals surface area (Å²) in [6, 6.07) is 47.1. The van der Waals surface area contributed by atoms with Crippen LogP contribution in [0.3, 0.4) is 0 Å². The van der Waals surface area contributed by atoms with Crippen LogP contribution in [-0.2, 0) is 15.4 Å². The van der Waals surface area contributed by atoms with Crippen LogP contribution in [-0.4, -0.2) is 44.9 Å². The van der Waals surface area contributed by atoms with Crippen molar-refractivity contribution in [1.29, 1.82) is 0 Å². The van der Waals surface area contributed by atoms with Crippen molar-refractivity contribution in [3.63, 3.8) is 0 Å². The van der Waals surface area contributed by atoms with Crippen molar-refractivity contribution in [2.24, 2.45) is 5.73 Å². The highest BCUT2D eigenvalue weighted by Gasteiger charge is 2.40. The minimum absolute atomic E-state index is 0.226. The summed E-state index contributed by atoms with van der Waals surface area (Å²) < 4.78 is 28.7. The predicted molar refractivity (Wildman–Crippen MR) is 202 cm³/mol. The van der Waals surface area contributed by atoms with Crippen LogP contribution in [0.1, 0.15) is 27.0 Å². The van der Waals surface area contributed by atoms with Crippen LogP contribution in [0.5, 0.6) is 0 Å². The number of carbonyl (C=O) groups is 1. The van der Waals surface area contributed by atoms with Crippen molar-refractivity contribution in [3.05, 3.63) is 187 Å². The molecule has 5 aromatic carbocycles. The topological polar surface area (TPSA) is 126 Å². The quantitative estimate of drug-likeness (QED) is 0.158. The fourth-order valence-corrected chi connectivity index (χ4v) is 7.43. The molecule has 3 aromatic heterocycles. The minimum Gasteiger partial charge on any atom is -0.366 e. The Labute approximate surface area is 300 Å². The van der Waals surface area contributed by atoms with Crippen LogP contribution in [0.2, 0.25) is 0 Å². The fourth-order valence-electron chi connectivity index (χ4n) is 6.80. The molecule has 2 N–H and O–H groups in total. The molecular formula is C42H32N6O3S. The minimum atomic E-state index is -3.41. The Morgan fingerprint density at radius 3 is 1.79 bits per heavy atom. The molecule has 52 heavy (non-hydrogen) atoms. The second-order valence-corrected chi connectivity index (χ2v) is 14.5. The number of amides is 1. The number of pyridine rings is 1. The summed E-state index contributed by atoms with van der Waals surface area (Å²) in [7, 11) is -3.41. The number of nitrogens with zero attached hydrogens (tertiary/aromatic N) is 5. The van der Waals surface area contributed by atoms with Gasteiger partial charge in [-0.2, -0.15) is 5.10 Å². The Morgan fingerprint density at radius 1 is 0.692 bits per heavy atom. The van der Waals surface area contributed by atoms with Crippen molar-refractivity contribution in [2.75, 3.05) is 6.26 Å². The summed E-state index contributed by atoms with van der Waals surface area (Å²) in [5, 5.41) is 5.41. The van der Waals surface area contributed by atoms with Crippen LogP contribution in [0.15, 0.2) is 169 Å². The maximum absolute atomic E-state index is 12.4. The zero-order chi connectivity index (χ0) is 35.9. The lowest BCUT2D eigenvalue weighted by Crippen LogP contribution is -2.38. The van der Waals surface area contributed by atoms with Crippen LogP contribution < -0.4 is 5.73 Å². The number of fused-ring (bicyclic) bond motifs is 1. The zero-order valence-electron chi connectivity index (χ0n) is 28.0. The van der Waals surface area contributed by atoms with Gasteiger partial charge in [-0.1, -0.05) is 109 Å². The molecule has 3 heterocycles. The molecule has 0 aliphatic rings. The molecule has 0 bridgehead atoms. The molecule has 0 aliphatic heterocycles. The molecule has 0 fully saturated rings. The largest absolute Gasteiger partial charge is 0.366 e. The Morgan fingerprint density at radius 2 is 1.27 bits per heavy atom. The van der Waals surface area contributed by atoms with Gasteiger partial charge in [-0.05, 0) is 58.7 Å². The van der Waals surface area contributed by atoms with E-state index < -0.39 is 21.3 Å². The Hall–Kier alpha value is -6.65. The summed E-state index contributed by atoms with van der Waals surface area (Å²) in [5.74, 6) is 0.0247. The summed E-state index contributed by atoms with van der Waals surface area (Å²) in [4.78, 5) is 21.0. The molecular weight excluding hydrogens is 669 g/mol. The summed E-state index contributed by atoms with van der Waals surface area (Å²) >= 11 is 0. The lowest BCUT2D eigenvalue weighted by molar-refractivity contribution is 0.1000. The van der Waals surface area contributed by atoms with Crippen LogP contribution in [0, 0.1) is 0 Å². The number of carbonyl (C=O) groups excluding carboxylic acids is 1. The van der Waals surface area contributed by atoms with E-state index in [1.54, 1.807) is 42.7 Å². The normalized spacial score (nSPS) is 11.9. The third kappa shape index (κ3) is 5.65. The molecule has 8 aromatic rings. The first-order valence-corrected chi connectivity index (χ1v) is 18.4. The Balaban J connectivity index is 1.40. The first-order valence-electron chi connectivity index (χ1n) is 16.5. The molecule has 0 spiro atoms. The Kier molecular flexibility index (Phi) is 8.08. The SMILES string of the molecule is CS(=O)(=O)c1ccc(-c2nn(C(c3ccccc3)(c3ccccc3)c3ccccc3)cc2-c2ccc3ncn(-c4ccc(C(N)=O)cn4)c3c2)cc1. The van der Waals surface area contributed by atoms with E-state index in [-0.39, 0.29) is 4.90 Å². The number of imidazole rings is 1. The number of hydrogen-bond donors (Lipinski definition) is 1. The van der Waals surface area contributed by atoms with Crippen molar-refractivity contribution in [3.8, 4) is 28.2 Å². The fraction of sp³-hybridized carbons (Fsp3) is 0.0476. The van der Waals surface area contributed by atoms with E-state index in [4.69, 9.17) is 10.8 Å². The van der Waals surface area contributed by atoms with Crippen LogP contribution in [0.25, 0.3) is 39.2 Å². The summed E-state index contributed by atoms with van der Waals surface area (Å²) in [6.07, 6.45) is 6.41. The van der Waals surface area contributed by atoms with E-state index in [0.717, 1.165) is 44.4 Å². The monoisotopic (exact) mass is 700 g/mol. The van der Waals surface area contributed by atoms with E-state index in [1.807, 2.05) is 82.0 Å². The second-order valence-electron chi connectivity index (χ2n) is 12.5. The third-order valence-electron chi connectivity index (χ3n) is 9.33. The molecule has 0 saturated heterocycles. The first kappa shape index (κ1) is 32.5. The van der Waals surface area contributed by atoms with E-state index in [0.29, 0.717) is 17.1 Å². The van der Waals surface area contributed by atoms with Gasteiger partial charge in [0.2, 0.25) is 5.91 Å². The average Bonchev–Trinajstić information content (AvgIpc) is 3.82. The first-order chi connectivity index (χ1) is 25.2. The Bertz CT molecular complexity index is 2560. The molecule has 9 nitrogen and oxygen atoms in total. The number of hydrogen-bond acceptors (Lipinski definition) is 6. The van der Waals surface area contributed by atoms with Gasteiger partial charge in [-0.3, -0.25) is 14.0 Å². The van der Waals surface area contributed by atoms with Gasteiger partial charge in [0.25, 0.3) is 0 Å². The van der Waals surface area contributed by atoms with Crippen molar-refractivity contribution in [2.45, 2.75) is 10.4 Å². The highest BCUT2D eigenvalue weighted by Crippen LogP contribution is 2.43. The molecule has 0 saturated carbocycles. The van der Waals surface area contributed by atoms with E-state index in [1.165, 1.54) is 12.5 Å². The summed E-state index contributed by atoms with van der Waals surface area (Å²) in [5.41, 5.74) is 12.6. The van der Waals surface area contributed by atoms with Crippen molar-refractivity contribution >= 4 is 26.8 Å². The van der Waals surface area contributed by atoms with Gasteiger partial charge in [-0.25, -0.2) is 18.4 Å². The smallest absolute Gasteiger partial charge is 0.250 e. The number of benzene rings is 5. The molecule has 8 rings (SSSR count). The molecule has 1 amide bonds. The lowest BCUT2D eigenvalue weighted by Gasteiger charge is -2.36. The highest BCUT2D eigenvalue weighted by atomic mass is 32.2. The van der Waals surface area contributed by atoms with E-state index >= 15 is 0 Å². The maximum Gasteiger partial charge on any atom is 0.250 e. The molecule has 0 radical (unpaired) electrons. The molecule has 0 unspecified atom stereocenters. The standard InChI is InChI=1S/C42H32N6O3S/c1-52(50,51)35-21-17-29(18-22-35)40-36(30-19-23-37-38(25-30)47(28-45-37)39-24-20-31(26-44-39)41(43)49)27-48(46-40)42(32-11-5-2-6-12-32,33-13-7-3-8-14-33)34-15-9-4-10-16-34/h2-28H,1H3,(H2,43,49). The van der Waals surface area contributed by atoms with Crippen LogP contribution >= 0.6 is 0 Å². The summed E-state index contributed by atoms with van der Waals surface area (Å²) in [6.45, 7) is 0. The predicted octanol–water partition coefficient (Wildman–Crippen LogP) is 7.29. The van der Waals surface area contributed by atoms with Crippen molar-refractivity contribution < 1.29 is 13.2 Å². The molecule has 10 heteroatoms. The third-order valence-corrected chi connectivity index (χ3v) is 10.5. The number of sulfone groups is 1. The van der Waals surface area contributed by atoms with Gasteiger partial charge < -0.3 is 5.73 Å². The van der Waals surface area contributed by atoms with E-state index in [2.05, 4.69) is 52.6 Å². The van der Waals surface area contributed by atoms with Gasteiger partial charge in [0, 0.05) is 29.8 Å². The number of rotatable bonds is 9. The number of nitrogens with two attached hydrogens (primary N) is 1. The van der Waals surface area contributed by atoms with E-state index in [9.17, 15) is 13.2 Å². The number of primary amides is 1. The maximum atomic E-state index is 12.4. The van der Waals surface area contributed by atoms with Crippen LogP contribution in [0.4, 0.5) is 0 Å². The van der Waals surface area contributed by atoms with Crippen molar-refractivity contribution in [1.82, 2.24) is 24.3 Å². The van der Waals surface area contributed by atoms with Gasteiger partial charge in [-0.15, -0.1) is 0 Å². The van der Waals surface area contributed by atoms with Gasteiger partial charge in [0.05, 0.1) is 21.5 Å². The molecule has 254 valence electrons. The zero-order valence-corrected chi connectivity index (χ0v) is 28.9. The molecule has 0 atom stereocenters. The molecule has 0 aliphatic carbocycles.